The molecule has 9 nitrogen and oxygen atoms in total. The molecule has 0 aromatic heterocycles. The van der Waals surface area contributed by atoms with E-state index in [0.717, 1.165) is 11.0 Å². The van der Waals surface area contributed by atoms with E-state index in [4.69, 9.17) is 19.5 Å². The van der Waals surface area contributed by atoms with Crippen LogP contribution in [0.1, 0.15) is 31.8 Å². The molecule has 3 aromatic carbocycles. The fraction of sp³-hybridized carbons (Fsp3) is 0.276. The second-order valence-electron chi connectivity index (χ2n) is 9.41. The SMILES string of the molecule is COc1ccc(CN(C[C@H](O)C2OCC(N3C(=O)c4ccccc4C3=O)CO2)c2ccc(C#N)c(F)c2)cc1F. The van der Waals surface area contributed by atoms with Crippen molar-refractivity contribution in [3.05, 3.63) is 94.6 Å². The smallest absolute Gasteiger partial charge is 0.261 e. The van der Waals surface area contributed by atoms with Crippen LogP contribution in [0.15, 0.2) is 60.7 Å². The van der Waals surface area contributed by atoms with Crippen LogP contribution in [0, 0.1) is 23.0 Å². The van der Waals surface area contributed by atoms with E-state index in [0.29, 0.717) is 22.4 Å². The molecule has 1 atom stereocenters. The fourth-order valence-corrected chi connectivity index (χ4v) is 4.81. The molecule has 5 rings (SSSR count). The van der Waals surface area contributed by atoms with Gasteiger partial charge >= 0.3 is 0 Å². The summed E-state index contributed by atoms with van der Waals surface area (Å²) in [5.41, 5.74) is 1.35. The van der Waals surface area contributed by atoms with Crippen molar-refractivity contribution < 1.29 is 37.7 Å². The predicted molar refractivity (Wildman–Crippen MR) is 138 cm³/mol. The van der Waals surface area contributed by atoms with Gasteiger partial charge in [0.05, 0.1) is 43.1 Å². The van der Waals surface area contributed by atoms with E-state index in [1.165, 1.54) is 31.4 Å². The molecule has 40 heavy (non-hydrogen) atoms. The second kappa shape index (κ2) is 11.4. The van der Waals surface area contributed by atoms with Gasteiger partial charge in [-0.15, -0.1) is 0 Å². The molecular formula is C29H25F2N3O6. The summed E-state index contributed by atoms with van der Waals surface area (Å²) >= 11 is 0. The molecule has 1 saturated heterocycles. The Labute approximate surface area is 228 Å². The van der Waals surface area contributed by atoms with Gasteiger partial charge in [0.25, 0.3) is 11.8 Å². The minimum absolute atomic E-state index is 0.0532. The monoisotopic (exact) mass is 549 g/mol. The third-order valence-electron chi connectivity index (χ3n) is 6.85. The van der Waals surface area contributed by atoms with Gasteiger partial charge in [0, 0.05) is 18.8 Å². The van der Waals surface area contributed by atoms with Crippen molar-refractivity contribution in [3.63, 3.8) is 0 Å². The maximum atomic E-state index is 14.5. The zero-order chi connectivity index (χ0) is 28.4. The molecular weight excluding hydrogens is 524 g/mol. The number of methoxy groups -OCH3 is 1. The first-order chi connectivity index (χ1) is 19.3. The number of rotatable bonds is 8. The number of nitrogens with zero attached hydrogens (tertiary/aromatic N) is 3. The van der Waals surface area contributed by atoms with Gasteiger partial charge in [0.1, 0.15) is 18.0 Å². The Morgan fingerprint density at radius 1 is 1.05 bits per heavy atom. The van der Waals surface area contributed by atoms with Crippen molar-refractivity contribution in [2.75, 3.05) is 31.8 Å². The van der Waals surface area contributed by atoms with E-state index in [1.54, 1.807) is 41.3 Å². The van der Waals surface area contributed by atoms with E-state index >= 15 is 0 Å². The zero-order valence-electron chi connectivity index (χ0n) is 21.4. The topological polar surface area (TPSA) is 112 Å². The summed E-state index contributed by atoms with van der Waals surface area (Å²) in [5.74, 6) is -2.12. The van der Waals surface area contributed by atoms with Crippen LogP contribution in [-0.2, 0) is 16.0 Å². The van der Waals surface area contributed by atoms with E-state index in [-0.39, 0.29) is 37.6 Å². The first-order valence-corrected chi connectivity index (χ1v) is 12.5. The number of aliphatic hydroxyl groups excluding tert-OH is 1. The molecule has 2 heterocycles. The average molecular weight is 550 g/mol. The highest BCUT2D eigenvalue weighted by Gasteiger charge is 2.42. The molecule has 11 heteroatoms. The molecule has 0 saturated carbocycles. The summed E-state index contributed by atoms with van der Waals surface area (Å²) in [7, 11) is 1.35. The first kappa shape index (κ1) is 27.2. The van der Waals surface area contributed by atoms with Crippen LogP contribution >= 0.6 is 0 Å². The summed E-state index contributed by atoms with van der Waals surface area (Å²) < 4.78 is 45.2. The Bertz CT molecular complexity index is 1450. The maximum Gasteiger partial charge on any atom is 0.261 e. The summed E-state index contributed by atoms with van der Waals surface area (Å²) in [6, 6.07) is 16.0. The van der Waals surface area contributed by atoms with Crippen molar-refractivity contribution in [1.82, 2.24) is 4.90 Å². The lowest BCUT2D eigenvalue weighted by molar-refractivity contribution is -0.234. The number of carbonyl (C=O) groups is 2. The lowest BCUT2D eigenvalue weighted by Gasteiger charge is -2.37. The number of ether oxygens (including phenoxy) is 3. The van der Waals surface area contributed by atoms with Gasteiger partial charge < -0.3 is 24.2 Å². The van der Waals surface area contributed by atoms with Gasteiger partial charge in [-0.1, -0.05) is 18.2 Å². The molecule has 2 aliphatic rings. The minimum atomic E-state index is -1.25. The van der Waals surface area contributed by atoms with Crippen LogP contribution in [0.3, 0.4) is 0 Å². The lowest BCUT2D eigenvalue weighted by atomic mass is 10.1. The van der Waals surface area contributed by atoms with Crippen LogP contribution in [0.25, 0.3) is 0 Å². The number of carbonyl (C=O) groups excluding carboxylic acids is 2. The normalized spacial score (nSPS) is 19.2. The third kappa shape index (κ3) is 5.24. The molecule has 3 aromatic rings. The number of anilines is 1. The average Bonchev–Trinajstić information content (AvgIpc) is 3.22. The van der Waals surface area contributed by atoms with Crippen molar-refractivity contribution in [1.29, 1.82) is 5.26 Å². The number of nitriles is 1. The van der Waals surface area contributed by atoms with Gasteiger partial charge in [0.15, 0.2) is 17.9 Å². The molecule has 0 bridgehead atoms. The summed E-state index contributed by atoms with van der Waals surface area (Å²) in [6.45, 7) is -0.139. The van der Waals surface area contributed by atoms with Crippen LogP contribution < -0.4 is 9.64 Å². The van der Waals surface area contributed by atoms with Gasteiger partial charge in [-0.2, -0.15) is 5.26 Å². The summed E-state index contributed by atoms with van der Waals surface area (Å²) in [5, 5.41) is 20.1. The van der Waals surface area contributed by atoms with Crippen LogP contribution in [0.2, 0.25) is 0 Å². The molecule has 0 unspecified atom stereocenters. The van der Waals surface area contributed by atoms with Crippen molar-refractivity contribution in [2.45, 2.75) is 25.0 Å². The van der Waals surface area contributed by atoms with E-state index in [2.05, 4.69) is 0 Å². The molecule has 0 spiro atoms. The predicted octanol–water partition coefficient (Wildman–Crippen LogP) is 3.25. The Kier molecular flexibility index (Phi) is 7.75. The second-order valence-corrected chi connectivity index (χ2v) is 9.41. The number of halogens is 2. The number of hydrogen-bond donors (Lipinski definition) is 1. The van der Waals surface area contributed by atoms with Crippen molar-refractivity contribution in [3.8, 4) is 11.8 Å². The molecule has 1 N–H and O–H groups in total. The van der Waals surface area contributed by atoms with E-state index in [9.17, 15) is 23.5 Å². The molecule has 0 radical (unpaired) electrons. The van der Waals surface area contributed by atoms with Crippen molar-refractivity contribution >= 4 is 17.5 Å². The van der Waals surface area contributed by atoms with E-state index in [1.807, 2.05) is 0 Å². The largest absolute Gasteiger partial charge is 0.494 e. The zero-order valence-corrected chi connectivity index (χ0v) is 21.4. The first-order valence-electron chi connectivity index (χ1n) is 12.5. The Hall–Kier alpha value is -4.37. The fourth-order valence-electron chi connectivity index (χ4n) is 4.81. The van der Waals surface area contributed by atoms with Crippen LogP contribution in [0.4, 0.5) is 14.5 Å². The van der Waals surface area contributed by atoms with Gasteiger partial charge in [-0.25, -0.2) is 8.78 Å². The molecule has 206 valence electrons. The number of benzene rings is 3. The van der Waals surface area contributed by atoms with Gasteiger partial charge in [-0.3, -0.25) is 14.5 Å². The molecule has 1 fully saturated rings. The number of fused-ring (bicyclic) bond motifs is 1. The van der Waals surface area contributed by atoms with E-state index < -0.39 is 41.9 Å². The Morgan fingerprint density at radius 2 is 1.73 bits per heavy atom. The van der Waals surface area contributed by atoms with Gasteiger partial charge in [-0.05, 0) is 48.0 Å². The maximum absolute atomic E-state index is 14.5. The highest BCUT2D eigenvalue weighted by molar-refractivity contribution is 6.21. The number of hydrogen-bond acceptors (Lipinski definition) is 8. The Morgan fingerprint density at radius 3 is 2.30 bits per heavy atom. The minimum Gasteiger partial charge on any atom is -0.494 e. The summed E-state index contributed by atoms with van der Waals surface area (Å²) in [4.78, 5) is 28.3. The highest BCUT2D eigenvalue weighted by Crippen LogP contribution is 2.28. The van der Waals surface area contributed by atoms with Crippen LogP contribution in [0.5, 0.6) is 5.75 Å². The quantitative estimate of drug-likeness (QED) is 0.427. The standard InChI is InChI=1S/C29H25F2N3O6/c1-38-26-9-6-17(10-24(26)31)13-33(19-8-7-18(12-32)23(30)11-19)14-25(35)29-39-15-20(16-40-29)34-27(36)21-4-2-3-5-22(21)28(34)37/h2-11,20,25,29,35H,13-16H2,1H3/t20?,25-,29?/m0/s1. The van der Waals surface area contributed by atoms with Gasteiger partial charge in [0.2, 0.25) is 0 Å². The Balaban J connectivity index is 1.29. The number of amides is 2. The van der Waals surface area contributed by atoms with Crippen LogP contribution in [-0.4, -0.2) is 67.1 Å². The molecule has 2 amide bonds. The lowest BCUT2D eigenvalue weighted by Crippen LogP contribution is -2.53. The van der Waals surface area contributed by atoms with Crippen molar-refractivity contribution in [2.24, 2.45) is 0 Å². The molecule has 0 aliphatic carbocycles. The third-order valence-corrected chi connectivity index (χ3v) is 6.85. The molecule has 2 aliphatic heterocycles. The highest BCUT2D eigenvalue weighted by atomic mass is 19.1. The summed E-state index contributed by atoms with van der Waals surface area (Å²) in [6.07, 6.45) is -2.35. The number of imide groups is 1. The number of aliphatic hydroxyl groups is 1.